The van der Waals surface area contributed by atoms with Crippen molar-refractivity contribution in [2.45, 2.75) is 13.0 Å². The first kappa shape index (κ1) is 20.3. The lowest BCUT2D eigenvalue weighted by Crippen LogP contribution is -2.32. The summed E-state index contributed by atoms with van der Waals surface area (Å²) in [7, 11) is 1.96. The van der Waals surface area contributed by atoms with Crippen LogP contribution in [0.4, 0.5) is 16.0 Å². The second-order valence-corrected chi connectivity index (χ2v) is 8.40. The number of benzene rings is 2. The molecule has 0 N–H and O–H groups in total. The number of nitrogens with zero attached hydrogens (tertiary/aromatic N) is 5. The molecule has 0 atom stereocenters. The highest BCUT2D eigenvalue weighted by Gasteiger charge is 2.28. The molecule has 0 fully saturated rings. The molecule has 7 nitrogen and oxygen atoms in total. The zero-order chi connectivity index (χ0) is 22.1. The van der Waals surface area contributed by atoms with Gasteiger partial charge in [0.25, 0.3) is 5.91 Å². The Hall–Kier alpha value is -3.59. The van der Waals surface area contributed by atoms with Crippen LogP contribution < -0.4 is 14.5 Å². The highest BCUT2D eigenvalue weighted by Crippen LogP contribution is 2.31. The van der Waals surface area contributed by atoms with E-state index in [9.17, 15) is 9.18 Å². The fourth-order valence-corrected chi connectivity index (χ4v) is 4.26. The summed E-state index contributed by atoms with van der Waals surface area (Å²) < 4.78 is 18.7. The zero-order valence-electron chi connectivity index (χ0n) is 17.4. The summed E-state index contributed by atoms with van der Waals surface area (Å²) in [6.45, 7) is 1.51. The molecule has 4 aromatic rings. The van der Waals surface area contributed by atoms with Crippen molar-refractivity contribution in [2.24, 2.45) is 0 Å². The maximum absolute atomic E-state index is 13.4. The fourth-order valence-electron chi connectivity index (χ4n) is 3.58. The molecule has 2 aromatic carbocycles. The number of rotatable bonds is 4. The van der Waals surface area contributed by atoms with E-state index in [1.165, 1.54) is 23.5 Å². The van der Waals surface area contributed by atoms with Crippen LogP contribution in [0.1, 0.15) is 21.9 Å². The number of halogens is 1. The second-order valence-electron chi connectivity index (χ2n) is 7.46. The van der Waals surface area contributed by atoms with Crippen LogP contribution in [0.5, 0.6) is 5.75 Å². The SMILES string of the molecule is CN1CCCN(C(=O)c2csc(COc3ccc(F)cc3)n2)c2nc3ccccc3nc21. The smallest absolute Gasteiger partial charge is 0.279 e. The molecule has 0 radical (unpaired) electrons. The van der Waals surface area contributed by atoms with Gasteiger partial charge in [-0.1, -0.05) is 12.1 Å². The molecule has 162 valence electrons. The van der Waals surface area contributed by atoms with Gasteiger partial charge in [-0.3, -0.25) is 9.69 Å². The van der Waals surface area contributed by atoms with E-state index in [1.807, 2.05) is 36.2 Å². The lowest BCUT2D eigenvalue weighted by Gasteiger charge is -2.22. The van der Waals surface area contributed by atoms with Gasteiger partial charge < -0.3 is 9.64 Å². The summed E-state index contributed by atoms with van der Waals surface area (Å²) in [5.41, 5.74) is 1.88. The topological polar surface area (TPSA) is 71.5 Å². The van der Waals surface area contributed by atoms with E-state index in [0.717, 1.165) is 24.0 Å². The average Bonchev–Trinajstić information content (AvgIpc) is 3.23. The van der Waals surface area contributed by atoms with Crippen LogP contribution in [0.2, 0.25) is 0 Å². The van der Waals surface area contributed by atoms with Crippen molar-refractivity contribution in [3.05, 3.63) is 70.4 Å². The standard InChI is InChI=1S/C23H20FN5O2S/c1-28-11-4-12-29(22-21(28)26-17-5-2-3-6-18(17)27-22)23(30)19-14-32-20(25-19)13-31-16-9-7-15(24)8-10-16/h2-3,5-10,14H,4,11-13H2,1H3. The summed E-state index contributed by atoms with van der Waals surface area (Å²) >= 11 is 1.35. The van der Waals surface area contributed by atoms with Gasteiger partial charge in [-0.25, -0.2) is 19.3 Å². The van der Waals surface area contributed by atoms with Gasteiger partial charge in [0.2, 0.25) is 0 Å². The molecule has 3 heterocycles. The Morgan fingerprint density at radius 3 is 2.50 bits per heavy atom. The minimum atomic E-state index is -0.321. The van der Waals surface area contributed by atoms with Crippen LogP contribution in [0.15, 0.2) is 53.9 Å². The van der Waals surface area contributed by atoms with Gasteiger partial charge in [-0.2, -0.15) is 0 Å². The van der Waals surface area contributed by atoms with Gasteiger partial charge in [-0.15, -0.1) is 11.3 Å². The number of carbonyl (C=O) groups is 1. The number of thiazole rings is 1. The third-order valence-corrected chi connectivity index (χ3v) is 6.04. The van der Waals surface area contributed by atoms with E-state index in [-0.39, 0.29) is 18.3 Å². The van der Waals surface area contributed by atoms with Crippen molar-refractivity contribution in [1.82, 2.24) is 15.0 Å². The van der Waals surface area contributed by atoms with Crippen molar-refractivity contribution >= 4 is 39.9 Å². The minimum Gasteiger partial charge on any atom is -0.486 e. The Balaban J connectivity index is 1.40. The van der Waals surface area contributed by atoms with Crippen molar-refractivity contribution in [3.63, 3.8) is 0 Å². The highest BCUT2D eigenvalue weighted by atomic mass is 32.1. The number of ether oxygens (including phenoxy) is 1. The molecule has 0 saturated heterocycles. The largest absolute Gasteiger partial charge is 0.486 e. The number of fused-ring (bicyclic) bond motifs is 2. The molecule has 32 heavy (non-hydrogen) atoms. The summed E-state index contributed by atoms with van der Waals surface area (Å²) in [4.78, 5) is 31.1. The van der Waals surface area contributed by atoms with Crippen LogP contribution in [-0.2, 0) is 6.61 Å². The predicted octanol–water partition coefficient (Wildman–Crippen LogP) is 4.29. The van der Waals surface area contributed by atoms with Crippen LogP contribution in [0, 0.1) is 5.82 Å². The van der Waals surface area contributed by atoms with E-state index in [4.69, 9.17) is 14.7 Å². The molecule has 0 unspecified atom stereocenters. The lowest BCUT2D eigenvalue weighted by molar-refractivity contribution is 0.0982. The minimum absolute atomic E-state index is 0.202. The van der Waals surface area contributed by atoms with Crippen LogP contribution in [0.3, 0.4) is 0 Å². The van der Waals surface area contributed by atoms with E-state index < -0.39 is 0 Å². The van der Waals surface area contributed by atoms with Crippen molar-refractivity contribution in [2.75, 3.05) is 29.9 Å². The average molecular weight is 450 g/mol. The Bertz CT molecular complexity index is 1280. The lowest BCUT2D eigenvalue weighted by atomic mass is 10.3. The molecular weight excluding hydrogens is 429 g/mol. The second kappa shape index (κ2) is 8.51. The molecule has 1 aliphatic heterocycles. The Morgan fingerprint density at radius 2 is 1.75 bits per heavy atom. The summed E-state index contributed by atoms with van der Waals surface area (Å²) in [6, 6.07) is 13.4. The molecule has 0 bridgehead atoms. The first-order valence-electron chi connectivity index (χ1n) is 10.2. The van der Waals surface area contributed by atoms with Gasteiger partial charge in [0.05, 0.1) is 11.0 Å². The fraction of sp³-hybridized carbons (Fsp3) is 0.217. The van der Waals surface area contributed by atoms with Gasteiger partial charge in [0.1, 0.15) is 28.9 Å². The highest BCUT2D eigenvalue weighted by molar-refractivity contribution is 7.09. The van der Waals surface area contributed by atoms with Crippen molar-refractivity contribution in [3.8, 4) is 5.75 Å². The normalized spacial score (nSPS) is 13.7. The quantitative estimate of drug-likeness (QED) is 0.463. The van der Waals surface area contributed by atoms with E-state index >= 15 is 0 Å². The number of amides is 1. The van der Waals surface area contributed by atoms with E-state index in [1.54, 1.807) is 22.4 Å². The third-order valence-electron chi connectivity index (χ3n) is 5.22. The van der Waals surface area contributed by atoms with Crippen molar-refractivity contribution in [1.29, 1.82) is 0 Å². The third kappa shape index (κ3) is 3.99. The molecule has 0 saturated carbocycles. The number of hydrogen-bond donors (Lipinski definition) is 0. The first-order chi connectivity index (χ1) is 15.6. The predicted molar refractivity (Wildman–Crippen MR) is 122 cm³/mol. The number of para-hydroxylation sites is 2. The summed E-state index contributed by atoms with van der Waals surface area (Å²) in [5, 5.41) is 2.39. The Labute approximate surface area is 188 Å². The Kier molecular flexibility index (Phi) is 5.40. The Morgan fingerprint density at radius 1 is 1.03 bits per heavy atom. The molecular formula is C23H20FN5O2S. The molecule has 5 rings (SSSR count). The number of anilines is 2. The summed E-state index contributed by atoms with van der Waals surface area (Å²) in [6.07, 6.45) is 0.793. The van der Waals surface area contributed by atoms with Gasteiger partial charge >= 0.3 is 0 Å². The number of hydrogen-bond acceptors (Lipinski definition) is 7. The molecule has 9 heteroatoms. The monoisotopic (exact) mass is 449 g/mol. The molecule has 2 aromatic heterocycles. The van der Waals surface area contributed by atoms with E-state index in [2.05, 4.69) is 4.98 Å². The first-order valence-corrected chi connectivity index (χ1v) is 11.1. The zero-order valence-corrected chi connectivity index (χ0v) is 18.2. The van der Waals surface area contributed by atoms with E-state index in [0.29, 0.717) is 34.6 Å². The maximum Gasteiger partial charge on any atom is 0.279 e. The van der Waals surface area contributed by atoms with Crippen LogP contribution >= 0.6 is 11.3 Å². The van der Waals surface area contributed by atoms with Crippen molar-refractivity contribution < 1.29 is 13.9 Å². The summed E-state index contributed by atoms with van der Waals surface area (Å²) in [5.74, 6) is 1.24. The number of carbonyl (C=O) groups excluding carboxylic acids is 1. The van der Waals surface area contributed by atoms with Gasteiger partial charge in [0, 0.05) is 25.5 Å². The van der Waals surface area contributed by atoms with Crippen LogP contribution in [-0.4, -0.2) is 41.0 Å². The maximum atomic E-state index is 13.4. The molecule has 1 amide bonds. The molecule has 0 spiro atoms. The molecule has 1 aliphatic rings. The van der Waals surface area contributed by atoms with Gasteiger partial charge in [0.15, 0.2) is 11.6 Å². The molecule has 0 aliphatic carbocycles. The van der Waals surface area contributed by atoms with Gasteiger partial charge in [-0.05, 0) is 42.8 Å². The number of aromatic nitrogens is 3. The van der Waals surface area contributed by atoms with Crippen LogP contribution in [0.25, 0.3) is 11.0 Å².